The summed E-state index contributed by atoms with van der Waals surface area (Å²) in [5, 5.41) is 17.4. The van der Waals surface area contributed by atoms with Crippen LogP contribution in [0.15, 0.2) is 24.3 Å². The lowest BCUT2D eigenvalue weighted by Gasteiger charge is -2.06. The summed E-state index contributed by atoms with van der Waals surface area (Å²) in [7, 11) is 0.0573. The van der Waals surface area contributed by atoms with Gasteiger partial charge in [-0.3, -0.25) is 0 Å². The second kappa shape index (κ2) is 4.50. The molecule has 0 aromatic heterocycles. The Bertz CT molecular complexity index is 306. The van der Waals surface area contributed by atoms with E-state index in [9.17, 15) is 0 Å². The van der Waals surface area contributed by atoms with E-state index in [2.05, 4.69) is 4.65 Å². The third-order valence-electron chi connectivity index (χ3n) is 1.42. The predicted octanol–water partition coefficient (Wildman–Crippen LogP) is 0.561. The van der Waals surface area contributed by atoms with Gasteiger partial charge in [-0.1, -0.05) is 0 Å². The zero-order valence-electron chi connectivity index (χ0n) is 7.10. The monoisotopic (exact) mass is 177 g/mol. The van der Waals surface area contributed by atoms with Gasteiger partial charge in [-0.25, -0.2) is 0 Å². The molecule has 0 aliphatic heterocycles. The number of nitrogens with zero attached hydrogens (tertiary/aromatic N) is 1. The minimum Gasteiger partial charge on any atom is -0.512 e. The van der Waals surface area contributed by atoms with Crippen LogP contribution in [-0.2, 0) is 4.65 Å². The molecule has 13 heavy (non-hydrogen) atoms. The first-order valence-corrected chi connectivity index (χ1v) is 3.64. The van der Waals surface area contributed by atoms with Gasteiger partial charge in [0.25, 0.3) is 0 Å². The van der Waals surface area contributed by atoms with Gasteiger partial charge < -0.3 is 14.3 Å². The summed E-state index contributed by atoms with van der Waals surface area (Å²) in [5.74, 6) is 0.452. The lowest BCUT2D eigenvalue weighted by atomic mass is 10.2. The fourth-order valence-corrected chi connectivity index (χ4v) is 0.773. The summed E-state index contributed by atoms with van der Waals surface area (Å²) in [5.41, 5.74) is 0.541. The van der Waals surface area contributed by atoms with Gasteiger partial charge in [0, 0.05) is 7.11 Å². The van der Waals surface area contributed by atoms with E-state index >= 15 is 0 Å². The van der Waals surface area contributed by atoms with Crippen LogP contribution in [0.5, 0.6) is 5.75 Å². The zero-order valence-corrected chi connectivity index (χ0v) is 7.10. The van der Waals surface area contributed by atoms with Crippen LogP contribution >= 0.6 is 0 Å². The Morgan fingerprint density at radius 3 is 2.46 bits per heavy atom. The Hall–Kier alpha value is -1.51. The van der Waals surface area contributed by atoms with Crippen LogP contribution in [0.3, 0.4) is 0 Å². The van der Waals surface area contributed by atoms with Crippen LogP contribution in [0.2, 0.25) is 0 Å². The van der Waals surface area contributed by atoms with Crippen molar-refractivity contribution < 1.29 is 14.3 Å². The molecule has 0 aliphatic rings. The van der Waals surface area contributed by atoms with Gasteiger partial charge in [0.15, 0.2) is 0 Å². The van der Waals surface area contributed by atoms with Crippen molar-refractivity contribution in [1.29, 1.82) is 5.26 Å². The fourth-order valence-electron chi connectivity index (χ4n) is 0.773. The highest BCUT2D eigenvalue weighted by atomic mass is 16.7. The summed E-state index contributed by atoms with van der Waals surface area (Å²) in [6, 6.07) is 8.33. The van der Waals surface area contributed by atoms with E-state index in [0.717, 1.165) is 0 Å². The molecule has 4 nitrogen and oxygen atoms in total. The topological polar surface area (TPSA) is 62.5 Å². The van der Waals surface area contributed by atoms with Crippen LogP contribution in [0.1, 0.15) is 5.56 Å². The zero-order chi connectivity index (χ0) is 9.68. The maximum Gasteiger partial charge on any atom is 0.710 e. The number of hydrogen-bond acceptors (Lipinski definition) is 4. The molecule has 66 valence electrons. The van der Waals surface area contributed by atoms with Crippen LogP contribution in [0.4, 0.5) is 0 Å². The molecule has 0 bridgehead atoms. The molecular weight excluding hydrogens is 169 g/mol. The van der Waals surface area contributed by atoms with E-state index in [1.165, 1.54) is 7.11 Å². The minimum atomic E-state index is -1.27. The molecule has 1 aromatic rings. The second-order valence-electron chi connectivity index (χ2n) is 2.30. The van der Waals surface area contributed by atoms with Gasteiger partial charge in [0.05, 0.1) is 11.6 Å². The van der Waals surface area contributed by atoms with Crippen LogP contribution in [0, 0.1) is 11.3 Å². The normalized spacial score (nSPS) is 9.00. The quantitative estimate of drug-likeness (QED) is 0.685. The molecule has 0 fully saturated rings. The summed E-state index contributed by atoms with van der Waals surface area (Å²) in [4.78, 5) is 0. The van der Waals surface area contributed by atoms with Gasteiger partial charge in [-0.05, 0) is 24.3 Å². The highest BCUT2D eigenvalue weighted by Crippen LogP contribution is 2.11. The average Bonchev–Trinajstić information content (AvgIpc) is 2.19. The van der Waals surface area contributed by atoms with Crippen LogP contribution in [0.25, 0.3) is 0 Å². The van der Waals surface area contributed by atoms with Gasteiger partial charge in [0.1, 0.15) is 5.75 Å². The molecule has 0 saturated heterocycles. The highest BCUT2D eigenvalue weighted by molar-refractivity contribution is 6.35. The van der Waals surface area contributed by atoms with Crippen LogP contribution in [-0.4, -0.2) is 19.5 Å². The summed E-state index contributed by atoms with van der Waals surface area (Å²) in [6.45, 7) is 0. The third kappa shape index (κ3) is 2.78. The molecule has 1 N–H and O–H groups in total. The highest BCUT2D eigenvalue weighted by Gasteiger charge is 2.14. The van der Waals surface area contributed by atoms with Gasteiger partial charge in [-0.2, -0.15) is 5.26 Å². The van der Waals surface area contributed by atoms with Crippen molar-refractivity contribution in [3.8, 4) is 11.8 Å². The Balaban J connectivity index is 2.65. The van der Waals surface area contributed by atoms with Crippen molar-refractivity contribution in [2.45, 2.75) is 0 Å². The van der Waals surface area contributed by atoms with Crippen molar-refractivity contribution in [2.75, 3.05) is 7.11 Å². The van der Waals surface area contributed by atoms with E-state index in [-0.39, 0.29) is 0 Å². The van der Waals surface area contributed by atoms with E-state index in [1.54, 1.807) is 24.3 Å². The van der Waals surface area contributed by atoms with Crippen molar-refractivity contribution in [1.82, 2.24) is 0 Å². The molecule has 0 atom stereocenters. The lowest BCUT2D eigenvalue weighted by Crippen LogP contribution is -2.23. The SMILES string of the molecule is COB(O)Oc1ccc(C#N)cc1. The fraction of sp³-hybridized carbons (Fsp3) is 0.125. The third-order valence-corrected chi connectivity index (χ3v) is 1.42. The summed E-state index contributed by atoms with van der Waals surface area (Å²) in [6.07, 6.45) is 0. The smallest absolute Gasteiger partial charge is 0.512 e. The molecule has 1 rings (SSSR count). The first-order chi connectivity index (χ1) is 6.26. The molecule has 0 spiro atoms. The van der Waals surface area contributed by atoms with E-state index in [1.807, 2.05) is 6.07 Å². The molecule has 0 radical (unpaired) electrons. The van der Waals surface area contributed by atoms with Crippen molar-refractivity contribution in [3.63, 3.8) is 0 Å². The first kappa shape index (κ1) is 9.58. The molecule has 0 unspecified atom stereocenters. The second-order valence-corrected chi connectivity index (χ2v) is 2.30. The van der Waals surface area contributed by atoms with E-state index in [4.69, 9.17) is 14.9 Å². The van der Waals surface area contributed by atoms with E-state index < -0.39 is 7.32 Å². The van der Waals surface area contributed by atoms with Crippen LogP contribution < -0.4 is 4.65 Å². The number of nitriles is 1. The standard InChI is InChI=1S/C8H8BNO3/c1-12-9(11)13-8-4-2-7(6-10)3-5-8/h2-5,11H,1H3. The molecule has 0 saturated carbocycles. The maximum absolute atomic E-state index is 8.93. The largest absolute Gasteiger partial charge is 0.710 e. The molecular formula is C8H8BNO3. The number of hydrogen-bond donors (Lipinski definition) is 1. The Kier molecular flexibility index (Phi) is 3.32. The number of rotatable bonds is 3. The minimum absolute atomic E-state index is 0.452. The van der Waals surface area contributed by atoms with E-state index in [0.29, 0.717) is 11.3 Å². The van der Waals surface area contributed by atoms with Gasteiger partial charge in [-0.15, -0.1) is 0 Å². The average molecular weight is 177 g/mol. The molecule has 0 aliphatic carbocycles. The first-order valence-electron chi connectivity index (χ1n) is 3.64. The Morgan fingerprint density at radius 1 is 1.38 bits per heavy atom. The maximum atomic E-state index is 8.93. The predicted molar refractivity (Wildman–Crippen MR) is 46.8 cm³/mol. The number of benzene rings is 1. The Labute approximate surface area is 76.5 Å². The molecule has 0 amide bonds. The molecule has 5 heteroatoms. The van der Waals surface area contributed by atoms with Crippen molar-refractivity contribution >= 4 is 7.32 Å². The lowest BCUT2D eigenvalue weighted by molar-refractivity contribution is 0.238. The summed E-state index contributed by atoms with van der Waals surface area (Å²) >= 11 is 0. The molecule has 1 aromatic carbocycles. The molecule has 0 heterocycles. The van der Waals surface area contributed by atoms with Crippen molar-refractivity contribution in [2.24, 2.45) is 0 Å². The van der Waals surface area contributed by atoms with Crippen molar-refractivity contribution in [3.05, 3.63) is 29.8 Å². The Morgan fingerprint density at radius 2 is 2.00 bits per heavy atom. The van der Waals surface area contributed by atoms with Gasteiger partial charge in [0.2, 0.25) is 0 Å². The van der Waals surface area contributed by atoms with Gasteiger partial charge >= 0.3 is 7.32 Å². The summed E-state index contributed by atoms with van der Waals surface area (Å²) < 4.78 is 9.37.